The van der Waals surface area contributed by atoms with Gasteiger partial charge < -0.3 is 5.32 Å². The quantitative estimate of drug-likeness (QED) is 0.597. The fourth-order valence-corrected chi connectivity index (χ4v) is 1.39. The molecule has 0 aliphatic carbocycles. The van der Waals surface area contributed by atoms with Gasteiger partial charge in [0.15, 0.2) is 0 Å². The lowest BCUT2D eigenvalue weighted by atomic mass is 9.97. The molecule has 0 aromatic heterocycles. The zero-order chi connectivity index (χ0) is 7.78. The molecule has 0 amide bonds. The molecule has 1 unspecified atom stereocenters. The second kappa shape index (κ2) is 2.46. The minimum atomic E-state index is -2.16. The lowest BCUT2D eigenvalue weighted by molar-refractivity contribution is 0.0840. The van der Waals surface area contributed by atoms with Gasteiger partial charge in [0.1, 0.15) is 0 Å². The van der Waals surface area contributed by atoms with Crippen LogP contribution in [0, 0.1) is 5.92 Å². The Morgan fingerprint density at radius 1 is 1.50 bits per heavy atom. The summed E-state index contributed by atoms with van der Waals surface area (Å²) in [5.41, 5.74) is -0.0822. The van der Waals surface area contributed by atoms with Gasteiger partial charge in [-0.15, -0.1) is 0 Å². The molecule has 1 aliphatic rings. The molecule has 1 saturated heterocycles. The zero-order valence-electron chi connectivity index (χ0n) is 6.32. The van der Waals surface area contributed by atoms with Crippen molar-refractivity contribution in [3.63, 3.8) is 0 Å². The Balaban J connectivity index is 2.43. The van der Waals surface area contributed by atoms with Crippen molar-refractivity contribution in [1.29, 1.82) is 0 Å². The highest BCUT2D eigenvalue weighted by molar-refractivity contribution is 4.89. The van der Waals surface area contributed by atoms with Gasteiger partial charge in [0.2, 0.25) is 6.43 Å². The normalized spacial score (nSPS) is 31.5. The molecule has 1 heterocycles. The van der Waals surface area contributed by atoms with Crippen LogP contribution >= 0.6 is 0 Å². The van der Waals surface area contributed by atoms with Crippen LogP contribution in [0.2, 0.25) is 0 Å². The maximum atomic E-state index is 12.0. The Morgan fingerprint density at radius 2 is 2.10 bits per heavy atom. The third-order valence-corrected chi connectivity index (χ3v) is 1.97. The maximum absolute atomic E-state index is 12.0. The molecule has 0 radical (unpaired) electrons. The van der Waals surface area contributed by atoms with Gasteiger partial charge >= 0.3 is 0 Å². The molecular formula is C7H13F2N. The molecule has 60 valence electrons. The summed E-state index contributed by atoms with van der Waals surface area (Å²) in [6.45, 7) is 4.37. The Morgan fingerprint density at radius 3 is 2.30 bits per heavy atom. The van der Waals surface area contributed by atoms with Crippen LogP contribution in [0.4, 0.5) is 8.78 Å². The SMILES string of the molecule is CC1(C)CC(C(F)F)CN1. The second-order valence-electron chi connectivity index (χ2n) is 3.56. The van der Waals surface area contributed by atoms with E-state index >= 15 is 0 Å². The van der Waals surface area contributed by atoms with Crippen LogP contribution in [0.25, 0.3) is 0 Å². The molecule has 1 fully saturated rings. The Kier molecular flexibility index (Phi) is 1.95. The molecule has 0 aromatic rings. The topological polar surface area (TPSA) is 12.0 Å². The second-order valence-corrected chi connectivity index (χ2v) is 3.56. The molecule has 0 aromatic carbocycles. The number of hydrogen-bond acceptors (Lipinski definition) is 1. The van der Waals surface area contributed by atoms with Crippen LogP contribution in [0.15, 0.2) is 0 Å². The summed E-state index contributed by atoms with van der Waals surface area (Å²) in [6, 6.07) is 0. The molecule has 0 bridgehead atoms. The van der Waals surface area contributed by atoms with E-state index in [0.29, 0.717) is 13.0 Å². The lowest BCUT2D eigenvalue weighted by Gasteiger charge is -2.16. The summed E-state index contributed by atoms with van der Waals surface area (Å²) in [7, 11) is 0. The van der Waals surface area contributed by atoms with Gasteiger partial charge in [0, 0.05) is 18.0 Å². The summed E-state index contributed by atoms with van der Waals surface area (Å²) in [5.74, 6) is -0.435. The predicted octanol–water partition coefficient (Wildman–Crippen LogP) is 1.64. The number of halogens is 2. The van der Waals surface area contributed by atoms with Gasteiger partial charge in [-0.1, -0.05) is 0 Å². The van der Waals surface area contributed by atoms with Gasteiger partial charge in [-0.2, -0.15) is 0 Å². The van der Waals surface area contributed by atoms with Gasteiger partial charge in [-0.25, -0.2) is 8.78 Å². The zero-order valence-corrected chi connectivity index (χ0v) is 6.32. The van der Waals surface area contributed by atoms with Gasteiger partial charge in [0.05, 0.1) is 0 Å². The van der Waals surface area contributed by atoms with Crippen molar-refractivity contribution < 1.29 is 8.78 Å². The fraction of sp³-hybridized carbons (Fsp3) is 1.00. The first-order valence-corrected chi connectivity index (χ1v) is 3.54. The number of nitrogens with one attached hydrogen (secondary N) is 1. The van der Waals surface area contributed by atoms with Crippen molar-refractivity contribution in [2.45, 2.75) is 32.2 Å². The number of hydrogen-bond donors (Lipinski definition) is 1. The largest absolute Gasteiger partial charge is 0.311 e. The summed E-state index contributed by atoms with van der Waals surface area (Å²) in [4.78, 5) is 0. The average molecular weight is 149 g/mol. The fourth-order valence-electron chi connectivity index (χ4n) is 1.39. The van der Waals surface area contributed by atoms with E-state index in [-0.39, 0.29) is 5.54 Å². The van der Waals surface area contributed by atoms with Crippen molar-refractivity contribution in [2.75, 3.05) is 6.54 Å². The lowest BCUT2D eigenvalue weighted by Crippen LogP contribution is -2.31. The molecule has 3 heteroatoms. The number of rotatable bonds is 1. The van der Waals surface area contributed by atoms with E-state index in [9.17, 15) is 8.78 Å². The molecule has 0 spiro atoms. The molecule has 1 nitrogen and oxygen atoms in total. The third kappa shape index (κ3) is 1.66. The van der Waals surface area contributed by atoms with Crippen LogP contribution in [-0.2, 0) is 0 Å². The molecular weight excluding hydrogens is 136 g/mol. The van der Waals surface area contributed by atoms with Gasteiger partial charge in [-0.3, -0.25) is 0 Å². The highest BCUT2D eigenvalue weighted by Crippen LogP contribution is 2.27. The Hall–Kier alpha value is -0.180. The highest BCUT2D eigenvalue weighted by atomic mass is 19.3. The summed E-state index contributed by atoms with van der Waals surface area (Å²) >= 11 is 0. The summed E-state index contributed by atoms with van der Waals surface area (Å²) in [5, 5.41) is 3.05. The van der Waals surface area contributed by atoms with Crippen molar-refractivity contribution in [2.24, 2.45) is 5.92 Å². The van der Waals surface area contributed by atoms with Gasteiger partial charge in [0.25, 0.3) is 0 Å². The van der Waals surface area contributed by atoms with Gasteiger partial charge in [-0.05, 0) is 20.3 Å². The van der Waals surface area contributed by atoms with E-state index in [2.05, 4.69) is 5.32 Å². The van der Waals surface area contributed by atoms with E-state index in [4.69, 9.17) is 0 Å². The first-order valence-electron chi connectivity index (χ1n) is 3.54. The van der Waals surface area contributed by atoms with Crippen LogP contribution in [0.1, 0.15) is 20.3 Å². The van der Waals surface area contributed by atoms with Crippen LogP contribution in [-0.4, -0.2) is 18.5 Å². The van der Waals surface area contributed by atoms with E-state index in [1.165, 1.54) is 0 Å². The predicted molar refractivity (Wildman–Crippen MR) is 36.2 cm³/mol. The smallest absolute Gasteiger partial charge is 0.242 e. The van der Waals surface area contributed by atoms with Crippen LogP contribution in [0.3, 0.4) is 0 Å². The Labute approximate surface area is 59.8 Å². The molecule has 10 heavy (non-hydrogen) atoms. The van der Waals surface area contributed by atoms with E-state index in [1.54, 1.807) is 0 Å². The third-order valence-electron chi connectivity index (χ3n) is 1.97. The molecule has 0 saturated carbocycles. The molecule has 1 atom stereocenters. The highest BCUT2D eigenvalue weighted by Gasteiger charge is 2.35. The van der Waals surface area contributed by atoms with Crippen molar-refractivity contribution in [1.82, 2.24) is 5.32 Å². The minimum absolute atomic E-state index is 0.0822. The summed E-state index contributed by atoms with van der Waals surface area (Å²) in [6.07, 6.45) is -1.57. The average Bonchev–Trinajstić information content (AvgIpc) is 2.10. The van der Waals surface area contributed by atoms with E-state index in [0.717, 1.165) is 0 Å². The van der Waals surface area contributed by atoms with E-state index < -0.39 is 12.3 Å². The summed E-state index contributed by atoms with van der Waals surface area (Å²) < 4.78 is 24.1. The maximum Gasteiger partial charge on any atom is 0.242 e. The van der Waals surface area contributed by atoms with Crippen LogP contribution in [0.5, 0.6) is 0 Å². The molecule has 1 rings (SSSR count). The first-order chi connectivity index (χ1) is 4.51. The van der Waals surface area contributed by atoms with Crippen molar-refractivity contribution >= 4 is 0 Å². The number of alkyl halides is 2. The van der Waals surface area contributed by atoms with Crippen molar-refractivity contribution in [3.05, 3.63) is 0 Å². The standard InChI is InChI=1S/C7H13F2N/c1-7(2)3-5(4-10-7)6(8)9/h5-6,10H,3-4H2,1-2H3. The van der Waals surface area contributed by atoms with Crippen LogP contribution < -0.4 is 5.32 Å². The Bertz CT molecular complexity index is 123. The van der Waals surface area contributed by atoms with Crippen molar-refractivity contribution in [3.8, 4) is 0 Å². The molecule has 1 aliphatic heterocycles. The minimum Gasteiger partial charge on any atom is -0.311 e. The molecule has 1 N–H and O–H groups in total. The monoisotopic (exact) mass is 149 g/mol. The van der Waals surface area contributed by atoms with E-state index in [1.807, 2.05) is 13.8 Å². The first kappa shape index (κ1) is 7.92.